The van der Waals surface area contributed by atoms with E-state index in [0.717, 1.165) is 12.1 Å². The predicted octanol–water partition coefficient (Wildman–Crippen LogP) is 0.558. The Hall–Kier alpha value is -1.56. The molecule has 11 heteroatoms. The van der Waals surface area contributed by atoms with Gasteiger partial charge in [-0.25, -0.2) is 21.2 Å². The Morgan fingerprint density at radius 3 is 2.29 bits per heavy atom. The fourth-order valence-corrected chi connectivity index (χ4v) is 8.03. The van der Waals surface area contributed by atoms with E-state index in [1.807, 2.05) is 0 Å². The third-order valence-electron chi connectivity index (χ3n) is 6.54. The largest absolute Gasteiger partial charge is 0.340 e. The number of amides is 1. The Morgan fingerprint density at radius 1 is 1.00 bits per heavy atom. The minimum absolute atomic E-state index is 0.0297. The number of rotatable bonds is 4. The number of hydrogen-bond acceptors (Lipinski definition) is 6. The molecule has 0 aliphatic carbocycles. The molecule has 0 aromatic heterocycles. The molecule has 1 aromatic rings. The van der Waals surface area contributed by atoms with Crippen LogP contribution in [0, 0.1) is 11.7 Å². The molecule has 1 aromatic carbocycles. The maximum atomic E-state index is 13.2. The van der Waals surface area contributed by atoms with Crippen LogP contribution in [0.4, 0.5) is 4.39 Å². The molecular weight excluding hydrogens is 445 g/mol. The minimum atomic E-state index is -3.78. The van der Waals surface area contributed by atoms with Crippen molar-refractivity contribution < 1.29 is 26.0 Å². The molecule has 2 atom stereocenters. The standard InChI is InChI=1S/C20H28FN3O5S2/c21-17-3-5-19(6-4-17)31(28,29)24-8-1-2-16(14-24)20(25)23-11-9-22(10-12-23)18-7-13-30(26,27)15-18/h3-6,16,18H,1-2,7-15H2/t16-,18+/m1/s1. The van der Waals surface area contributed by atoms with E-state index in [1.165, 1.54) is 16.4 Å². The number of carbonyl (C=O) groups excluding carboxylic acids is 1. The molecule has 1 amide bonds. The first-order valence-corrected chi connectivity index (χ1v) is 13.9. The number of carbonyl (C=O) groups is 1. The van der Waals surface area contributed by atoms with Crippen molar-refractivity contribution in [2.75, 3.05) is 50.8 Å². The molecule has 3 aliphatic rings. The lowest BCUT2D eigenvalue weighted by molar-refractivity contribution is -0.138. The smallest absolute Gasteiger partial charge is 0.243 e. The lowest BCUT2D eigenvalue weighted by atomic mass is 9.97. The quantitative estimate of drug-likeness (QED) is 0.634. The number of piperidine rings is 1. The summed E-state index contributed by atoms with van der Waals surface area (Å²) in [5.74, 6) is -0.517. The van der Waals surface area contributed by atoms with E-state index in [-0.39, 0.29) is 34.9 Å². The van der Waals surface area contributed by atoms with Gasteiger partial charge in [0.1, 0.15) is 5.82 Å². The molecule has 8 nitrogen and oxygen atoms in total. The molecule has 172 valence electrons. The number of sulfonamides is 1. The van der Waals surface area contributed by atoms with Gasteiger partial charge in [0.15, 0.2) is 9.84 Å². The van der Waals surface area contributed by atoms with Crippen LogP contribution >= 0.6 is 0 Å². The molecule has 4 rings (SSSR count). The van der Waals surface area contributed by atoms with Crippen molar-refractivity contribution in [2.45, 2.75) is 30.2 Å². The lowest BCUT2D eigenvalue weighted by Gasteiger charge is -2.40. The van der Waals surface area contributed by atoms with Gasteiger partial charge in [0, 0.05) is 45.3 Å². The summed E-state index contributed by atoms with van der Waals surface area (Å²) in [7, 11) is -6.72. The predicted molar refractivity (Wildman–Crippen MR) is 113 cm³/mol. The van der Waals surface area contributed by atoms with Crippen molar-refractivity contribution in [2.24, 2.45) is 5.92 Å². The normalized spacial score (nSPS) is 28.0. The van der Waals surface area contributed by atoms with E-state index in [2.05, 4.69) is 4.90 Å². The van der Waals surface area contributed by atoms with Crippen molar-refractivity contribution in [1.29, 1.82) is 0 Å². The third kappa shape index (κ3) is 4.94. The first kappa shape index (κ1) is 22.6. The van der Waals surface area contributed by atoms with E-state index in [4.69, 9.17) is 0 Å². The molecule has 3 aliphatic heterocycles. The van der Waals surface area contributed by atoms with Gasteiger partial charge in [0.05, 0.1) is 22.3 Å². The highest BCUT2D eigenvalue weighted by Gasteiger charge is 2.38. The molecular formula is C20H28FN3O5S2. The maximum absolute atomic E-state index is 13.2. The zero-order chi connectivity index (χ0) is 22.2. The first-order chi connectivity index (χ1) is 14.7. The second kappa shape index (κ2) is 8.76. The molecule has 31 heavy (non-hydrogen) atoms. The van der Waals surface area contributed by atoms with Gasteiger partial charge in [-0.1, -0.05) is 0 Å². The van der Waals surface area contributed by atoms with Crippen molar-refractivity contribution in [3.05, 3.63) is 30.1 Å². The third-order valence-corrected chi connectivity index (χ3v) is 10.2. The molecule has 3 fully saturated rings. The van der Waals surface area contributed by atoms with Crippen LogP contribution in [0.2, 0.25) is 0 Å². The molecule has 0 radical (unpaired) electrons. The lowest BCUT2D eigenvalue weighted by Crippen LogP contribution is -2.55. The summed E-state index contributed by atoms with van der Waals surface area (Å²) in [4.78, 5) is 17.0. The number of piperazine rings is 1. The number of benzene rings is 1. The Bertz CT molecular complexity index is 1020. The van der Waals surface area contributed by atoms with Crippen LogP contribution in [0.25, 0.3) is 0 Å². The van der Waals surface area contributed by atoms with Crippen LogP contribution < -0.4 is 0 Å². The van der Waals surface area contributed by atoms with E-state index < -0.39 is 31.6 Å². The summed E-state index contributed by atoms with van der Waals surface area (Å²) < 4.78 is 63.8. The molecule has 3 saturated heterocycles. The average molecular weight is 474 g/mol. The number of hydrogen-bond donors (Lipinski definition) is 0. The maximum Gasteiger partial charge on any atom is 0.243 e. The number of sulfone groups is 1. The van der Waals surface area contributed by atoms with Gasteiger partial charge in [0.25, 0.3) is 0 Å². The second-order valence-corrected chi connectivity index (χ2v) is 12.7. The average Bonchev–Trinajstić information content (AvgIpc) is 3.13. The van der Waals surface area contributed by atoms with E-state index in [9.17, 15) is 26.0 Å². The van der Waals surface area contributed by atoms with Crippen LogP contribution in [0.15, 0.2) is 29.2 Å². The fraction of sp³-hybridized carbons (Fsp3) is 0.650. The summed E-state index contributed by atoms with van der Waals surface area (Å²) in [5.41, 5.74) is 0. The summed E-state index contributed by atoms with van der Waals surface area (Å²) >= 11 is 0. The van der Waals surface area contributed by atoms with E-state index in [1.54, 1.807) is 4.90 Å². The molecule has 0 saturated carbocycles. The molecule has 0 unspecified atom stereocenters. The van der Waals surface area contributed by atoms with Crippen molar-refractivity contribution in [1.82, 2.24) is 14.1 Å². The monoisotopic (exact) mass is 473 g/mol. The molecule has 0 spiro atoms. The highest BCUT2D eigenvalue weighted by atomic mass is 32.2. The Kier molecular flexibility index (Phi) is 6.39. The first-order valence-electron chi connectivity index (χ1n) is 10.6. The van der Waals surface area contributed by atoms with Gasteiger partial charge in [0.2, 0.25) is 15.9 Å². The van der Waals surface area contributed by atoms with Crippen molar-refractivity contribution in [3.8, 4) is 0 Å². The van der Waals surface area contributed by atoms with Gasteiger partial charge >= 0.3 is 0 Å². The van der Waals surface area contributed by atoms with Crippen molar-refractivity contribution in [3.63, 3.8) is 0 Å². The highest BCUT2D eigenvalue weighted by Crippen LogP contribution is 2.26. The number of halogens is 1. The summed E-state index contributed by atoms with van der Waals surface area (Å²) in [6.07, 6.45) is 1.88. The highest BCUT2D eigenvalue weighted by molar-refractivity contribution is 7.91. The van der Waals surface area contributed by atoms with Gasteiger partial charge in [-0.3, -0.25) is 9.69 Å². The van der Waals surface area contributed by atoms with E-state index in [0.29, 0.717) is 52.0 Å². The summed E-state index contributed by atoms with van der Waals surface area (Å²) in [6, 6.07) is 4.77. The molecule has 0 N–H and O–H groups in total. The molecule has 3 heterocycles. The zero-order valence-electron chi connectivity index (χ0n) is 17.3. The van der Waals surface area contributed by atoms with Gasteiger partial charge in [-0.05, 0) is 43.5 Å². The Labute approximate surface area is 183 Å². The molecule has 0 bridgehead atoms. The zero-order valence-corrected chi connectivity index (χ0v) is 19.0. The van der Waals surface area contributed by atoms with Crippen LogP contribution in [-0.4, -0.2) is 93.7 Å². The SMILES string of the molecule is O=C([C@@H]1CCCN(S(=O)(=O)c2ccc(F)cc2)C1)N1CCN([C@H]2CCS(=O)(=O)C2)CC1. The van der Waals surface area contributed by atoms with Crippen molar-refractivity contribution >= 4 is 25.8 Å². The number of nitrogens with zero attached hydrogens (tertiary/aromatic N) is 3. The fourth-order valence-electron chi connectivity index (χ4n) is 4.75. The topological polar surface area (TPSA) is 95.1 Å². The van der Waals surface area contributed by atoms with Gasteiger partial charge in [-0.15, -0.1) is 0 Å². The van der Waals surface area contributed by atoms with Crippen LogP contribution in [0.5, 0.6) is 0 Å². The van der Waals surface area contributed by atoms with Gasteiger partial charge < -0.3 is 4.90 Å². The van der Waals surface area contributed by atoms with Crippen LogP contribution in [-0.2, 0) is 24.7 Å². The van der Waals surface area contributed by atoms with Crippen LogP contribution in [0.3, 0.4) is 0 Å². The van der Waals surface area contributed by atoms with Crippen LogP contribution in [0.1, 0.15) is 19.3 Å². The summed E-state index contributed by atoms with van der Waals surface area (Å²) in [6.45, 7) is 2.78. The Morgan fingerprint density at radius 2 is 1.68 bits per heavy atom. The van der Waals surface area contributed by atoms with Gasteiger partial charge in [-0.2, -0.15) is 4.31 Å². The summed E-state index contributed by atoms with van der Waals surface area (Å²) in [5, 5.41) is 0. The minimum Gasteiger partial charge on any atom is -0.340 e. The van der Waals surface area contributed by atoms with E-state index >= 15 is 0 Å². The second-order valence-electron chi connectivity index (χ2n) is 8.57. The Balaban J connectivity index is 1.35.